The third-order valence-electron chi connectivity index (χ3n) is 1.14. The average molecular weight is 238 g/mol. The summed E-state index contributed by atoms with van der Waals surface area (Å²) >= 11 is 10.9. The van der Waals surface area contributed by atoms with Gasteiger partial charge in [0.2, 0.25) is 0 Å². The van der Waals surface area contributed by atoms with Crippen LogP contribution in [0, 0.1) is 0 Å². The first kappa shape index (κ1) is 8.44. The molecule has 0 saturated carbocycles. The van der Waals surface area contributed by atoms with Crippen LogP contribution in [0.25, 0.3) is 0 Å². The minimum Gasteiger partial charge on any atom is -0.128 e. The van der Waals surface area contributed by atoms with Gasteiger partial charge in [-0.15, -0.1) is 11.8 Å². The Morgan fingerprint density at radius 1 is 1.50 bits per heavy atom. The summed E-state index contributed by atoms with van der Waals surface area (Å²) < 4.78 is 0.990. The molecule has 0 heterocycles. The van der Waals surface area contributed by atoms with Gasteiger partial charge in [-0.1, -0.05) is 17.7 Å². The Balaban J connectivity index is 3.14. The van der Waals surface area contributed by atoms with E-state index in [9.17, 15) is 0 Å². The molecule has 0 unspecified atom stereocenters. The molecular weight excluding hydrogens is 232 g/mol. The Labute approximate surface area is 78.1 Å². The third kappa shape index (κ3) is 1.68. The number of halogens is 2. The van der Waals surface area contributed by atoms with Crippen LogP contribution in [0.1, 0.15) is 0 Å². The van der Waals surface area contributed by atoms with E-state index in [1.165, 1.54) is 4.90 Å². The van der Waals surface area contributed by atoms with E-state index in [-0.39, 0.29) is 0 Å². The predicted octanol–water partition coefficient (Wildman–Crippen LogP) is 3.82. The Morgan fingerprint density at radius 3 is 2.70 bits per heavy atom. The molecule has 0 nitrogen and oxygen atoms in total. The second-order valence-electron chi connectivity index (χ2n) is 1.76. The molecule has 1 aromatic carbocycles. The second-order valence-corrected chi connectivity index (χ2v) is 3.80. The van der Waals surface area contributed by atoms with Crippen molar-refractivity contribution in [2.24, 2.45) is 0 Å². The summed E-state index contributed by atoms with van der Waals surface area (Å²) in [5, 5.41) is 0.770. The lowest BCUT2D eigenvalue weighted by atomic mass is 10.4. The fourth-order valence-corrected chi connectivity index (χ4v) is 2.13. The van der Waals surface area contributed by atoms with Gasteiger partial charge in [0.15, 0.2) is 0 Å². The molecule has 0 fully saturated rings. The molecular formula is C7H6BrClS. The van der Waals surface area contributed by atoms with Crippen molar-refractivity contribution in [2.45, 2.75) is 4.90 Å². The van der Waals surface area contributed by atoms with E-state index in [0.29, 0.717) is 0 Å². The Morgan fingerprint density at radius 2 is 2.20 bits per heavy atom. The van der Waals surface area contributed by atoms with Crippen molar-refractivity contribution in [3.05, 3.63) is 27.7 Å². The Hall–Kier alpha value is 0.340. The summed E-state index contributed by atoms with van der Waals surface area (Å²) in [6, 6.07) is 5.84. The molecule has 0 aliphatic carbocycles. The summed E-state index contributed by atoms with van der Waals surface area (Å²) in [6.45, 7) is 0. The highest BCUT2D eigenvalue weighted by molar-refractivity contribution is 9.10. The van der Waals surface area contributed by atoms with Gasteiger partial charge in [-0.05, 0) is 34.3 Å². The zero-order chi connectivity index (χ0) is 7.56. The van der Waals surface area contributed by atoms with E-state index in [4.69, 9.17) is 11.6 Å². The summed E-state index contributed by atoms with van der Waals surface area (Å²) in [5.74, 6) is 0. The monoisotopic (exact) mass is 236 g/mol. The third-order valence-corrected chi connectivity index (χ3v) is 3.58. The Bertz CT molecular complexity index is 237. The van der Waals surface area contributed by atoms with Crippen LogP contribution in [0.4, 0.5) is 0 Å². The molecule has 0 spiro atoms. The van der Waals surface area contributed by atoms with Crippen molar-refractivity contribution >= 4 is 39.3 Å². The van der Waals surface area contributed by atoms with Crippen LogP contribution in [0.15, 0.2) is 27.6 Å². The van der Waals surface area contributed by atoms with Gasteiger partial charge in [0.25, 0.3) is 0 Å². The SMILES string of the molecule is CSc1cccc(Cl)c1Br. The molecule has 0 amide bonds. The van der Waals surface area contributed by atoms with Gasteiger partial charge in [0.1, 0.15) is 0 Å². The zero-order valence-electron chi connectivity index (χ0n) is 5.40. The van der Waals surface area contributed by atoms with E-state index in [2.05, 4.69) is 15.9 Å². The highest BCUT2D eigenvalue weighted by Crippen LogP contribution is 2.31. The first-order valence-corrected chi connectivity index (χ1v) is 5.13. The number of hydrogen-bond donors (Lipinski definition) is 0. The number of thioether (sulfide) groups is 1. The largest absolute Gasteiger partial charge is 0.128 e. The highest BCUT2D eigenvalue weighted by Gasteiger charge is 2.00. The summed E-state index contributed by atoms with van der Waals surface area (Å²) in [7, 11) is 0. The van der Waals surface area contributed by atoms with Crippen LogP contribution < -0.4 is 0 Å². The lowest BCUT2D eigenvalue weighted by Crippen LogP contribution is -1.73. The molecule has 1 rings (SSSR count). The second kappa shape index (κ2) is 3.65. The maximum absolute atomic E-state index is 5.83. The maximum atomic E-state index is 5.83. The zero-order valence-corrected chi connectivity index (χ0v) is 8.55. The fourth-order valence-electron chi connectivity index (χ4n) is 0.642. The number of rotatable bonds is 1. The van der Waals surface area contributed by atoms with E-state index >= 15 is 0 Å². The summed E-state index contributed by atoms with van der Waals surface area (Å²) in [5.41, 5.74) is 0. The van der Waals surface area contributed by atoms with Gasteiger partial charge >= 0.3 is 0 Å². The van der Waals surface area contributed by atoms with Crippen LogP contribution in [0.2, 0.25) is 5.02 Å². The molecule has 54 valence electrons. The minimum atomic E-state index is 0.770. The molecule has 0 radical (unpaired) electrons. The molecule has 1 aromatic rings. The van der Waals surface area contributed by atoms with E-state index in [1.54, 1.807) is 11.8 Å². The maximum Gasteiger partial charge on any atom is 0.0559 e. The topological polar surface area (TPSA) is 0 Å². The number of benzene rings is 1. The van der Waals surface area contributed by atoms with Gasteiger partial charge in [-0.2, -0.15) is 0 Å². The van der Waals surface area contributed by atoms with Crippen LogP contribution in [0.5, 0.6) is 0 Å². The molecule has 0 aromatic heterocycles. The molecule has 0 aliphatic rings. The van der Waals surface area contributed by atoms with Crippen LogP contribution in [-0.2, 0) is 0 Å². The van der Waals surface area contributed by atoms with Gasteiger partial charge in [0, 0.05) is 9.37 Å². The minimum absolute atomic E-state index is 0.770. The van der Waals surface area contributed by atoms with Gasteiger partial charge in [0.05, 0.1) is 5.02 Å². The molecule has 0 atom stereocenters. The summed E-state index contributed by atoms with van der Waals surface area (Å²) in [6.07, 6.45) is 2.02. The van der Waals surface area contributed by atoms with Gasteiger partial charge < -0.3 is 0 Å². The molecule has 3 heteroatoms. The molecule has 10 heavy (non-hydrogen) atoms. The van der Waals surface area contributed by atoms with Crippen molar-refractivity contribution in [3.8, 4) is 0 Å². The van der Waals surface area contributed by atoms with E-state index in [1.807, 2.05) is 24.5 Å². The van der Waals surface area contributed by atoms with Crippen molar-refractivity contribution in [1.82, 2.24) is 0 Å². The average Bonchev–Trinajstić information content (AvgIpc) is 1.95. The van der Waals surface area contributed by atoms with Crippen molar-refractivity contribution in [3.63, 3.8) is 0 Å². The molecule has 0 saturated heterocycles. The fraction of sp³-hybridized carbons (Fsp3) is 0.143. The molecule has 0 aliphatic heterocycles. The van der Waals surface area contributed by atoms with Crippen LogP contribution in [0.3, 0.4) is 0 Å². The highest BCUT2D eigenvalue weighted by atomic mass is 79.9. The van der Waals surface area contributed by atoms with Crippen molar-refractivity contribution in [2.75, 3.05) is 6.26 Å². The molecule has 0 bridgehead atoms. The van der Waals surface area contributed by atoms with Crippen LogP contribution in [-0.4, -0.2) is 6.26 Å². The summed E-state index contributed by atoms with van der Waals surface area (Å²) in [4.78, 5) is 1.17. The first-order chi connectivity index (χ1) is 4.75. The Kier molecular flexibility index (Phi) is 3.08. The van der Waals surface area contributed by atoms with Gasteiger partial charge in [-0.3, -0.25) is 0 Å². The molecule has 0 N–H and O–H groups in total. The van der Waals surface area contributed by atoms with Gasteiger partial charge in [-0.25, -0.2) is 0 Å². The van der Waals surface area contributed by atoms with E-state index in [0.717, 1.165) is 9.50 Å². The van der Waals surface area contributed by atoms with Crippen molar-refractivity contribution < 1.29 is 0 Å². The van der Waals surface area contributed by atoms with Crippen LogP contribution >= 0.6 is 39.3 Å². The van der Waals surface area contributed by atoms with Crippen molar-refractivity contribution in [1.29, 1.82) is 0 Å². The predicted molar refractivity (Wildman–Crippen MR) is 50.9 cm³/mol. The first-order valence-electron chi connectivity index (χ1n) is 2.73. The lowest BCUT2D eigenvalue weighted by Gasteiger charge is -2.00. The smallest absolute Gasteiger partial charge is 0.0559 e. The normalized spacial score (nSPS) is 9.90. The lowest BCUT2D eigenvalue weighted by molar-refractivity contribution is 1.41. The standard InChI is InChI=1S/C7H6BrClS/c1-10-6-4-2-3-5(9)7(6)8/h2-4H,1H3. The quantitative estimate of drug-likeness (QED) is 0.669. The number of hydrogen-bond acceptors (Lipinski definition) is 1. The van der Waals surface area contributed by atoms with E-state index < -0.39 is 0 Å².